The smallest absolute Gasteiger partial charge is 0.301 e. The van der Waals surface area contributed by atoms with E-state index in [-0.39, 0.29) is 24.6 Å². The van der Waals surface area contributed by atoms with Gasteiger partial charge in [-0.3, -0.25) is 25.7 Å². The Kier molecular flexibility index (Phi) is 10.3. The molecule has 0 fully saturated rings. The highest BCUT2D eigenvalue weighted by Crippen LogP contribution is 2.39. The normalized spacial score (nSPS) is 18.4. The molecule has 0 saturated carbocycles. The number of nitro benzene ring substituents is 2. The van der Waals surface area contributed by atoms with E-state index in [0.717, 1.165) is 29.2 Å². The summed E-state index contributed by atoms with van der Waals surface area (Å²) in [5.41, 5.74) is 3.91. The van der Waals surface area contributed by atoms with Crippen LogP contribution in [0.15, 0.2) is 39.9 Å². The molecule has 2 aliphatic rings. The molecule has 0 bridgehead atoms. The van der Waals surface area contributed by atoms with Crippen LogP contribution in [0.1, 0.15) is 24.2 Å². The van der Waals surface area contributed by atoms with E-state index in [0.29, 0.717) is 88.5 Å². The molecule has 43 heavy (non-hydrogen) atoms. The summed E-state index contributed by atoms with van der Waals surface area (Å²) in [6, 6.07) is 6.95. The van der Waals surface area contributed by atoms with Gasteiger partial charge in [0.05, 0.1) is 74.5 Å². The first kappa shape index (κ1) is 30.2. The van der Waals surface area contributed by atoms with Gasteiger partial charge in [0.2, 0.25) is 0 Å². The number of nitrogens with one attached hydrogen (secondary N) is 1. The summed E-state index contributed by atoms with van der Waals surface area (Å²) in [5.74, 6) is 1.70. The summed E-state index contributed by atoms with van der Waals surface area (Å²) in [5, 5.41) is 27.9. The fourth-order valence-electron chi connectivity index (χ4n) is 4.72. The van der Waals surface area contributed by atoms with Gasteiger partial charge >= 0.3 is 5.69 Å². The number of rotatable bonds is 4. The number of non-ortho nitro benzene ring substituents is 1. The standard InChI is InChI=1S/C28H32N4O11/c33-31(34)19-4-5-21(23(16-19)32(35)36)29-30-22-2-1-3-24-28(22)20-17-26-27(18-25(20)43-24)42-15-13-40-11-9-38-7-6-37-8-10-39-12-14-41-26/h4-5,16-18,29H,1-3,6-15H2/b30-22+. The van der Waals surface area contributed by atoms with Crippen molar-refractivity contribution in [3.63, 3.8) is 0 Å². The third-order valence-electron chi connectivity index (χ3n) is 6.72. The van der Waals surface area contributed by atoms with Crippen LogP contribution in [0.2, 0.25) is 0 Å². The monoisotopic (exact) mass is 600 g/mol. The first-order valence-corrected chi connectivity index (χ1v) is 13.9. The number of hydrogen-bond donors (Lipinski definition) is 1. The first-order chi connectivity index (χ1) is 21.0. The summed E-state index contributed by atoms with van der Waals surface area (Å²) >= 11 is 0. The molecular weight excluding hydrogens is 568 g/mol. The van der Waals surface area contributed by atoms with Crippen molar-refractivity contribution in [1.29, 1.82) is 0 Å². The number of furan rings is 1. The first-order valence-electron chi connectivity index (χ1n) is 13.9. The van der Waals surface area contributed by atoms with Gasteiger partial charge in [0, 0.05) is 29.5 Å². The van der Waals surface area contributed by atoms with Gasteiger partial charge in [-0.1, -0.05) is 0 Å². The Morgan fingerprint density at radius 1 is 0.721 bits per heavy atom. The minimum Gasteiger partial charge on any atom is -0.487 e. The lowest BCUT2D eigenvalue weighted by atomic mass is 9.94. The molecule has 15 nitrogen and oxygen atoms in total. The van der Waals surface area contributed by atoms with Gasteiger partial charge in [-0.15, -0.1) is 0 Å². The highest BCUT2D eigenvalue weighted by atomic mass is 16.6. The second-order valence-corrected chi connectivity index (χ2v) is 9.58. The number of nitro groups is 2. The zero-order valence-corrected chi connectivity index (χ0v) is 23.4. The molecule has 3 aromatic rings. The van der Waals surface area contributed by atoms with Crippen molar-refractivity contribution in [2.75, 3.05) is 71.5 Å². The molecule has 230 valence electrons. The zero-order chi connectivity index (χ0) is 30.0. The molecule has 0 saturated heterocycles. The molecule has 0 atom stereocenters. The molecule has 5 rings (SSSR count). The van der Waals surface area contributed by atoms with Crippen LogP contribution in [0.25, 0.3) is 11.0 Å². The molecule has 1 aromatic heterocycles. The lowest BCUT2D eigenvalue weighted by molar-refractivity contribution is -0.393. The van der Waals surface area contributed by atoms with E-state index < -0.39 is 15.5 Å². The van der Waals surface area contributed by atoms with Crippen LogP contribution in [0.5, 0.6) is 11.5 Å². The van der Waals surface area contributed by atoms with Crippen molar-refractivity contribution in [3.05, 3.63) is 61.9 Å². The van der Waals surface area contributed by atoms with Crippen LogP contribution in [0, 0.1) is 20.2 Å². The highest BCUT2D eigenvalue weighted by Gasteiger charge is 2.26. The van der Waals surface area contributed by atoms with E-state index in [1.807, 2.05) is 6.07 Å². The molecule has 1 aliphatic heterocycles. The molecule has 0 spiro atoms. The van der Waals surface area contributed by atoms with Gasteiger partial charge in [-0.2, -0.15) is 5.10 Å². The molecule has 2 heterocycles. The van der Waals surface area contributed by atoms with Crippen LogP contribution >= 0.6 is 0 Å². The molecule has 0 radical (unpaired) electrons. The molecular formula is C28H32N4O11. The quantitative estimate of drug-likeness (QED) is 0.333. The van der Waals surface area contributed by atoms with Crippen LogP contribution < -0.4 is 14.9 Å². The lowest BCUT2D eigenvalue weighted by Gasteiger charge is -2.15. The van der Waals surface area contributed by atoms with Crippen LogP contribution in [-0.2, 0) is 25.4 Å². The van der Waals surface area contributed by atoms with Crippen LogP contribution in [0.3, 0.4) is 0 Å². The van der Waals surface area contributed by atoms with Gasteiger partial charge in [-0.05, 0) is 25.0 Å². The summed E-state index contributed by atoms with van der Waals surface area (Å²) < 4.78 is 40.4. The second kappa shape index (κ2) is 14.7. The summed E-state index contributed by atoms with van der Waals surface area (Å²) in [6.45, 7) is 3.96. The van der Waals surface area contributed by atoms with E-state index in [2.05, 4.69) is 10.5 Å². The Morgan fingerprint density at radius 3 is 1.93 bits per heavy atom. The lowest BCUT2D eigenvalue weighted by Crippen LogP contribution is -2.16. The van der Waals surface area contributed by atoms with Gasteiger partial charge < -0.3 is 32.8 Å². The van der Waals surface area contributed by atoms with Crippen molar-refractivity contribution in [2.24, 2.45) is 5.10 Å². The maximum Gasteiger partial charge on any atom is 0.301 e. The van der Waals surface area contributed by atoms with Crippen molar-refractivity contribution in [2.45, 2.75) is 19.3 Å². The average molecular weight is 601 g/mol. The predicted molar refractivity (Wildman–Crippen MR) is 153 cm³/mol. The van der Waals surface area contributed by atoms with Gasteiger partial charge in [0.15, 0.2) is 11.5 Å². The second-order valence-electron chi connectivity index (χ2n) is 9.58. The number of hydrogen-bond acceptors (Lipinski definition) is 13. The maximum atomic E-state index is 11.6. The number of anilines is 1. The number of ether oxygens (including phenoxy) is 6. The van der Waals surface area contributed by atoms with Crippen molar-refractivity contribution >= 4 is 33.7 Å². The molecule has 1 N–H and O–H groups in total. The number of nitrogens with zero attached hydrogens (tertiary/aromatic N) is 3. The third kappa shape index (κ3) is 7.75. The Labute approximate surface area is 245 Å². The van der Waals surface area contributed by atoms with E-state index in [1.165, 1.54) is 12.1 Å². The molecule has 0 unspecified atom stereocenters. The van der Waals surface area contributed by atoms with E-state index in [4.69, 9.17) is 32.8 Å². The van der Waals surface area contributed by atoms with Crippen molar-refractivity contribution in [3.8, 4) is 11.5 Å². The minimum absolute atomic E-state index is 0.0351. The van der Waals surface area contributed by atoms with Gasteiger partial charge in [-0.25, -0.2) is 0 Å². The molecule has 15 heteroatoms. The Hall–Kier alpha value is -4.31. The van der Waals surface area contributed by atoms with Crippen molar-refractivity contribution < 1.29 is 42.7 Å². The summed E-state index contributed by atoms with van der Waals surface area (Å²) in [7, 11) is 0. The summed E-state index contributed by atoms with van der Waals surface area (Å²) in [6.07, 6.45) is 2.02. The molecule has 0 amide bonds. The van der Waals surface area contributed by atoms with Crippen LogP contribution in [-0.4, -0.2) is 81.6 Å². The molecule has 2 aromatic carbocycles. The Bertz CT molecular complexity index is 1470. The number of fused-ring (bicyclic) bond motifs is 4. The topological polar surface area (TPSA) is 179 Å². The average Bonchev–Trinajstić information content (AvgIpc) is 3.37. The summed E-state index contributed by atoms with van der Waals surface area (Å²) in [4.78, 5) is 21.3. The highest BCUT2D eigenvalue weighted by molar-refractivity contribution is 6.12. The number of aryl methyl sites for hydroxylation is 1. The third-order valence-corrected chi connectivity index (χ3v) is 6.72. The van der Waals surface area contributed by atoms with Crippen LogP contribution in [0.4, 0.5) is 17.1 Å². The number of benzene rings is 2. The predicted octanol–water partition coefficient (Wildman–Crippen LogP) is 4.24. The van der Waals surface area contributed by atoms with Gasteiger partial charge in [0.1, 0.15) is 30.2 Å². The number of hydrazone groups is 1. The van der Waals surface area contributed by atoms with Gasteiger partial charge in [0.25, 0.3) is 5.69 Å². The van der Waals surface area contributed by atoms with E-state index in [9.17, 15) is 20.2 Å². The Morgan fingerprint density at radius 2 is 1.33 bits per heavy atom. The SMILES string of the molecule is O=[N+]([O-])c1ccc(N/N=C2\CCCc3oc4cc5c(cc4c32)OCCOCCOCCOCCOCCO5)c([N+](=O)[O-])c1. The minimum atomic E-state index is -0.690. The fourth-order valence-corrected chi connectivity index (χ4v) is 4.72. The fraction of sp³-hybridized carbons (Fsp3) is 0.464. The maximum absolute atomic E-state index is 11.6. The largest absolute Gasteiger partial charge is 0.487 e. The Balaban J connectivity index is 1.41. The molecule has 1 aliphatic carbocycles. The zero-order valence-electron chi connectivity index (χ0n) is 23.4. The van der Waals surface area contributed by atoms with E-state index in [1.54, 1.807) is 6.07 Å². The van der Waals surface area contributed by atoms with E-state index >= 15 is 0 Å². The van der Waals surface area contributed by atoms with Crippen molar-refractivity contribution in [1.82, 2.24) is 0 Å².